The summed E-state index contributed by atoms with van der Waals surface area (Å²) in [5, 5.41) is 3.11. The Morgan fingerprint density at radius 2 is 1.29 bits per heavy atom. The van der Waals surface area contributed by atoms with E-state index in [0.29, 0.717) is 12.2 Å². The van der Waals surface area contributed by atoms with Crippen LogP contribution in [-0.2, 0) is 6.54 Å². The fraction of sp³-hybridized carbons (Fsp3) is 0.0526. The van der Waals surface area contributed by atoms with Crippen LogP contribution in [0.2, 0.25) is 0 Å². The second-order valence-corrected chi connectivity index (χ2v) is 4.90. The number of hydrogen-bond acceptors (Lipinski definition) is 1. The van der Waals surface area contributed by atoms with Gasteiger partial charge in [-0.2, -0.15) is 0 Å². The number of benzene rings is 3. The van der Waals surface area contributed by atoms with Crippen LogP contribution in [0.15, 0.2) is 78.9 Å². The van der Waals surface area contributed by atoms with E-state index in [4.69, 9.17) is 0 Å². The smallest absolute Gasteiger partial charge is 0.146 e. The molecule has 0 spiro atoms. The first kappa shape index (κ1) is 13.4. The molecule has 3 rings (SSSR count). The second kappa shape index (κ2) is 6.23. The number of hydrogen-bond donors (Lipinski definition) is 1. The average Bonchev–Trinajstić information content (AvgIpc) is 2.55. The molecule has 104 valence electrons. The van der Waals surface area contributed by atoms with Crippen molar-refractivity contribution in [1.82, 2.24) is 0 Å². The molecule has 0 aliphatic rings. The summed E-state index contributed by atoms with van der Waals surface area (Å²) in [6.45, 7) is 0.607. The summed E-state index contributed by atoms with van der Waals surface area (Å²) in [7, 11) is 0. The van der Waals surface area contributed by atoms with Crippen molar-refractivity contribution in [1.29, 1.82) is 0 Å². The third-order valence-corrected chi connectivity index (χ3v) is 3.42. The summed E-state index contributed by atoms with van der Waals surface area (Å²) >= 11 is 0. The highest BCUT2D eigenvalue weighted by molar-refractivity contribution is 5.63. The van der Waals surface area contributed by atoms with Crippen molar-refractivity contribution in [2.24, 2.45) is 0 Å². The molecule has 0 saturated heterocycles. The zero-order valence-electron chi connectivity index (χ0n) is 11.6. The minimum Gasteiger partial charge on any atom is -0.379 e. The van der Waals surface area contributed by atoms with Gasteiger partial charge in [-0.05, 0) is 28.8 Å². The molecule has 0 radical (unpaired) electrons. The summed E-state index contributed by atoms with van der Waals surface area (Å²) < 4.78 is 13.5. The van der Waals surface area contributed by atoms with Crippen LogP contribution in [0.25, 0.3) is 11.1 Å². The van der Waals surface area contributed by atoms with Crippen molar-refractivity contribution < 1.29 is 4.39 Å². The number of rotatable bonds is 4. The molecule has 0 aliphatic carbocycles. The van der Waals surface area contributed by atoms with Gasteiger partial charge in [0.15, 0.2) is 0 Å². The maximum absolute atomic E-state index is 13.5. The Labute approximate surface area is 124 Å². The van der Waals surface area contributed by atoms with E-state index in [-0.39, 0.29) is 5.82 Å². The van der Waals surface area contributed by atoms with E-state index in [1.54, 1.807) is 12.1 Å². The fourth-order valence-corrected chi connectivity index (χ4v) is 2.25. The predicted octanol–water partition coefficient (Wildman–Crippen LogP) is 5.10. The Bertz CT molecular complexity index is 705. The van der Waals surface area contributed by atoms with Crippen molar-refractivity contribution in [2.45, 2.75) is 6.54 Å². The molecular weight excluding hydrogens is 261 g/mol. The van der Waals surface area contributed by atoms with Gasteiger partial charge in [-0.1, -0.05) is 66.7 Å². The fourth-order valence-electron chi connectivity index (χ4n) is 2.25. The van der Waals surface area contributed by atoms with Gasteiger partial charge in [0.1, 0.15) is 5.82 Å². The van der Waals surface area contributed by atoms with Gasteiger partial charge >= 0.3 is 0 Å². The number of para-hydroxylation sites is 1. The van der Waals surface area contributed by atoms with Crippen LogP contribution in [-0.4, -0.2) is 0 Å². The molecule has 0 atom stereocenters. The molecule has 21 heavy (non-hydrogen) atoms. The molecule has 0 saturated carbocycles. The second-order valence-electron chi connectivity index (χ2n) is 4.90. The molecule has 0 aromatic heterocycles. The SMILES string of the molecule is Fc1ccccc1NCc1ccc(-c2ccccc2)cc1. The Morgan fingerprint density at radius 3 is 2.00 bits per heavy atom. The van der Waals surface area contributed by atoms with Crippen molar-refractivity contribution >= 4 is 5.69 Å². The Morgan fingerprint density at radius 1 is 0.667 bits per heavy atom. The molecule has 0 amide bonds. The Kier molecular flexibility index (Phi) is 3.97. The topological polar surface area (TPSA) is 12.0 Å². The van der Waals surface area contributed by atoms with Crippen LogP contribution in [0, 0.1) is 5.82 Å². The van der Waals surface area contributed by atoms with Gasteiger partial charge in [0.2, 0.25) is 0 Å². The van der Waals surface area contributed by atoms with E-state index in [1.165, 1.54) is 17.2 Å². The minimum absolute atomic E-state index is 0.224. The van der Waals surface area contributed by atoms with E-state index >= 15 is 0 Å². The third-order valence-electron chi connectivity index (χ3n) is 3.42. The van der Waals surface area contributed by atoms with Gasteiger partial charge in [0, 0.05) is 6.54 Å². The lowest BCUT2D eigenvalue weighted by Gasteiger charge is -2.08. The molecule has 1 nitrogen and oxygen atoms in total. The molecule has 0 heterocycles. The third kappa shape index (κ3) is 3.29. The van der Waals surface area contributed by atoms with Gasteiger partial charge < -0.3 is 5.32 Å². The van der Waals surface area contributed by atoms with Crippen LogP contribution in [0.1, 0.15) is 5.56 Å². The van der Waals surface area contributed by atoms with Gasteiger partial charge in [-0.15, -0.1) is 0 Å². The van der Waals surface area contributed by atoms with Crippen LogP contribution in [0.3, 0.4) is 0 Å². The summed E-state index contributed by atoms with van der Waals surface area (Å²) in [6.07, 6.45) is 0. The van der Waals surface area contributed by atoms with E-state index in [9.17, 15) is 4.39 Å². The van der Waals surface area contributed by atoms with Crippen molar-refractivity contribution in [3.63, 3.8) is 0 Å². The molecule has 0 bridgehead atoms. The quantitative estimate of drug-likeness (QED) is 0.699. The Hall–Kier alpha value is -2.61. The standard InChI is InChI=1S/C19H16FN/c20-18-8-4-5-9-19(18)21-14-15-10-12-17(13-11-15)16-6-2-1-3-7-16/h1-13,21H,14H2. The molecule has 3 aromatic rings. The van der Waals surface area contributed by atoms with Gasteiger partial charge in [-0.3, -0.25) is 0 Å². The average molecular weight is 277 g/mol. The highest BCUT2D eigenvalue weighted by Gasteiger charge is 2.01. The number of halogens is 1. The molecule has 2 heteroatoms. The monoisotopic (exact) mass is 277 g/mol. The maximum Gasteiger partial charge on any atom is 0.146 e. The molecule has 0 unspecified atom stereocenters. The first-order valence-electron chi connectivity index (χ1n) is 6.96. The van der Waals surface area contributed by atoms with E-state index in [1.807, 2.05) is 24.3 Å². The van der Waals surface area contributed by atoms with Gasteiger partial charge in [-0.25, -0.2) is 4.39 Å². The summed E-state index contributed by atoms with van der Waals surface area (Å²) in [4.78, 5) is 0. The highest BCUT2D eigenvalue weighted by Crippen LogP contribution is 2.20. The summed E-state index contributed by atoms with van der Waals surface area (Å²) in [5.74, 6) is -0.224. The Balaban J connectivity index is 1.69. The van der Waals surface area contributed by atoms with Crippen molar-refractivity contribution in [3.8, 4) is 11.1 Å². The van der Waals surface area contributed by atoms with Gasteiger partial charge in [0.05, 0.1) is 5.69 Å². The van der Waals surface area contributed by atoms with Crippen LogP contribution >= 0.6 is 0 Å². The lowest BCUT2D eigenvalue weighted by atomic mass is 10.0. The highest BCUT2D eigenvalue weighted by atomic mass is 19.1. The summed E-state index contributed by atoms with van der Waals surface area (Å²) in [6, 6.07) is 25.3. The minimum atomic E-state index is -0.224. The molecule has 3 aromatic carbocycles. The zero-order valence-corrected chi connectivity index (χ0v) is 11.6. The molecule has 0 aliphatic heterocycles. The lowest BCUT2D eigenvalue weighted by Crippen LogP contribution is -2.01. The van der Waals surface area contributed by atoms with E-state index in [0.717, 1.165) is 5.56 Å². The van der Waals surface area contributed by atoms with Crippen molar-refractivity contribution in [2.75, 3.05) is 5.32 Å². The molecule has 0 fully saturated rings. The van der Waals surface area contributed by atoms with Gasteiger partial charge in [0.25, 0.3) is 0 Å². The molecular formula is C19H16FN. The largest absolute Gasteiger partial charge is 0.379 e. The van der Waals surface area contributed by atoms with E-state index in [2.05, 4.69) is 41.7 Å². The number of nitrogens with one attached hydrogen (secondary N) is 1. The normalized spacial score (nSPS) is 10.3. The van der Waals surface area contributed by atoms with E-state index < -0.39 is 0 Å². The number of anilines is 1. The zero-order chi connectivity index (χ0) is 14.5. The van der Waals surface area contributed by atoms with Crippen molar-refractivity contribution in [3.05, 3.63) is 90.2 Å². The van der Waals surface area contributed by atoms with Crippen LogP contribution < -0.4 is 5.32 Å². The summed E-state index contributed by atoms with van der Waals surface area (Å²) in [5.41, 5.74) is 4.04. The van der Waals surface area contributed by atoms with Crippen LogP contribution in [0.4, 0.5) is 10.1 Å². The lowest BCUT2D eigenvalue weighted by molar-refractivity contribution is 0.630. The molecule has 1 N–H and O–H groups in total. The predicted molar refractivity (Wildman–Crippen MR) is 85.6 cm³/mol. The first-order chi connectivity index (χ1) is 10.3. The first-order valence-corrected chi connectivity index (χ1v) is 6.96. The maximum atomic E-state index is 13.5. The van der Waals surface area contributed by atoms with Crippen LogP contribution in [0.5, 0.6) is 0 Å².